The lowest BCUT2D eigenvalue weighted by molar-refractivity contribution is -0.139. The molecule has 0 unspecified atom stereocenters. The molecule has 0 atom stereocenters. The van der Waals surface area contributed by atoms with Crippen molar-refractivity contribution in [3.63, 3.8) is 0 Å². The molecule has 1 N–H and O–H groups in total. The highest BCUT2D eigenvalue weighted by molar-refractivity contribution is 5.94. The van der Waals surface area contributed by atoms with E-state index in [0.717, 1.165) is 51.0 Å². The molecule has 1 aromatic carbocycles. The molecule has 2 aliphatic rings. The molecule has 0 bridgehead atoms. The third-order valence-corrected chi connectivity index (χ3v) is 6.02. The molecule has 0 saturated carbocycles. The Hall–Kier alpha value is -1.72. The second-order valence-corrected chi connectivity index (χ2v) is 7.92. The van der Waals surface area contributed by atoms with Gasteiger partial charge in [0.1, 0.15) is 0 Å². The van der Waals surface area contributed by atoms with Gasteiger partial charge in [-0.2, -0.15) is 0 Å². The molecule has 0 aliphatic carbocycles. The van der Waals surface area contributed by atoms with E-state index in [1.54, 1.807) is 6.92 Å². The van der Waals surface area contributed by atoms with Crippen molar-refractivity contribution in [1.29, 1.82) is 0 Å². The van der Waals surface area contributed by atoms with Gasteiger partial charge in [-0.3, -0.25) is 14.5 Å². The SMILES string of the molecule is CC(=O)c1ccc(CN2CCC3(CCC(=O)N(CCCO)C3)CC2)cc1. The van der Waals surface area contributed by atoms with E-state index in [9.17, 15) is 9.59 Å². The molecule has 5 heteroatoms. The molecular weight excluding hydrogens is 328 g/mol. The third kappa shape index (κ3) is 4.51. The second-order valence-electron chi connectivity index (χ2n) is 7.92. The van der Waals surface area contributed by atoms with Gasteiger partial charge in [0.2, 0.25) is 5.91 Å². The van der Waals surface area contributed by atoms with E-state index in [1.807, 2.05) is 17.0 Å². The van der Waals surface area contributed by atoms with Gasteiger partial charge in [-0.1, -0.05) is 24.3 Å². The van der Waals surface area contributed by atoms with Crippen molar-refractivity contribution in [1.82, 2.24) is 9.80 Å². The number of nitrogens with zero attached hydrogens (tertiary/aromatic N) is 2. The van der Waals surface area contributed by atoms with Crippen LogP contribution in [0.4, 0.5) is 0 Å². The van der Waals surface area contributed by atoms with Crippen LogP contribution in [-0.2, 0) is 11.3 Å². The summed E-state index contributed by atoms with van der Waals surface area (Å²) in [6.07, 6.45) is 4.58. The number of hydrogen-bond donors (Lipinski definition) is 1. The van der Waals surface area contributed by atoms with Gasteiger partial charge < -0.3 is 10.0 Å². The molecule has 3 rings (SSSR count). The van der Waals surface area contributed by atoms with Gasteiger partial charge >= 0.3 is 0 Å². The van der Waals surface area contributed by atoms with Crippen LogP contribution in [0.5, 0.6) is 0 Å². The number of ketones is 1. The van der Waals surface area contributed by atoms with Crippen LogP contribution in [0.1, 0.15) is 54.9 Å². The fourth-order valence-corrected chi connectivity index (χ4v) is 4.26. The summed E-state index contributed by atoms with van der Waals surface area (Å²) in [7, 11) is 0. The second kappa shape index (κ2) is 8.31. The summed E-state index contributed by atoms with van der Waals surface area (Å²) in [5.74, 6) is 0.353. The number of carbonyl (C=O) groups is 2. The van der Waals surface area contributed by atoms with Crippen molar-refractivity contribution >= 4 is 11.7 Å². The van der Waals surface area contributed by atoms with Crippen molar-refractivity contribution in [3.05, 3.63) is 35.4 Å². The van der Waals surface area contributed by atoms with Crippen molar-refractivity contribution in [2.24, 2.45) is 5.41 Å². The molecule has 1 aromatic rings. The number of hydrogen-bond acceptors (Lipinski definition) is 4. The first kappa shape index (κ1) is 19.1. The van der Waals surface area contributed by atoms with E-state index in [4.69, 9.17) is 5.11 Å². The number of carbonyl (C=O) groups excluding carboxylic acids is 2. The average Bonchev–Trinajstić information content (AvgIpc) is 2.65. The molecule has 0 aromatic heterocycles. The van der Waals surface area contributed by atoms with Crippen molar-refractivity contribution in [3.8, 4) is 0 Å². The van der Waals surface area contributed by atoms with Gasteiger partial charge in [-0.15, -0.1) is 0 Å². The number of rotatable bonds is 6. The largest absolute Gasteiger partial charge is 0.396 e. The maximum Gasteiger partial charge on any atom is 0.222 e. The summed E-state index contributed by atoms with van der Waals surface area (Å²) in [6, 6.07) is 7.93. The summed E-state index contributed by atoms with van der Waals surface area (Å²) in [5.41, 5.74) is 2.27. The van der Waals surface area contributed by atoms with Crippen LogP contribution in [0.2, 0.25) is 0 Å². The van der Waals surface area contributed by atoms with Crippen LogP contribution in [-0.4, -0.2) is 59.4 Å². The fourth-order valence-electron chi connectivity index (χ4n) is 4.26. The molecule has 1 spiro atoms. The van der Waals surface area contributed by atoms with Crippen LogP contribution in [0.25, 0.3) is 0 Å². The topological polar surface area (TPSA) is 60.9 Å². The summed E-state index contributed by atoms with van der Waals surface area (Å²) in [4.78, 5) is 27.9. The van der Waals surface area contributed by atoms with Crippen molar-refractivity contribution in [2.75, 3.05) is 32.8 Å². The van der Waals surface area contributed by atoms with Crippen LogP contribution < -0.4 is 0 Å². The summed E-state index contributed by atoms with van der Waals surface area (Å²) < 4.78 is 0. The van der Waals surface area contributed by atoms with Crippen molar-refractivity contribution in [2.45, 2.75) is 45.6 Å². The summed E-state index contributed by atoms with van der Waals surface area (Å²) in [5, 5.41) is 9.04. The molecular formula is C21H30N2O3. The Bertz CT molecular complexity index is 633. The lowest BCUT2D eigenvalue weighted by atomic mass is 9.72. The lowest BCUT2D eigenvalue weighted by Gasteiger charge is -2.47. The van der Waals surface area contributed by atoms with Gasteiger partial charge in [0.05, 0.1) is 0 Å². The minimum atomic E-state index is 0.106. The third-order valence-electron chi connectivity index (χ3n) is 6.02. The fraction of sp³-hybridized carbons (Fsp3) is 0.619. The Labute approximate surface area is 156 Å². The van der Waals surface area contributed by atoms with E-state index in [2.05, 4.69) is 17.0 Å². The smallest absolute Gasteiger partial charge is 0.222 e. The van der Waals surface area contributed by atoms with Gasteiger partial charge in [0, 0.05) is 38.2 Å². The van der Waals surface area contributed by atoms with Gasteiger partial charge in [-0.25, -0.2) is 0 Å². The molecule has 2 saturated heterocycles. The number of amides is 1. The predicted molar refractivity (Wildman–Crippen MR) is 101 cm³/mol. The minimum Gasteiger partial charge on any atom is -0.396 e. The first-order valence-corrected chi connectivity index (χ1v) is 9.72. The molecule has 2 aliphatic heterocycles. The highest BCUT2D eigenvalue weighted by Crippen LogP contribution is 2.40. The van der Waals surface area contributed by atoms with E-state index in [-0.39, 0.29) is 23.7 Å². The maximum absolute atomic E-state index is 12.1. The first-order valence-electron chi connectivity index (χ1n) is 9.72. The van der Waals surface area contributed by atoms with Gasteiger partial charge in [0.15, 0.2) is 5.78 Å². The standard InChI is InChI=1S/C21H30N2O3/c1-17(25)19-5-3-18(4-6-19)15-22-12-9-21(10-13-22)8-7-20(26)23(16-21)11-2-14-24/h3-6,24H,2,7-16H2,1H3. The highest BCUT2D eigenvalue weighted by atomic mass is 16.3. The van der Waals surface area contributed by atoms with Crippen LogP contribution in [0.15, 0.2) is 24.3 Å². The molecule has 2 fully saturated rings. The van der Waals surface area contributed by atoms with Gasteiger partial charge in [0.25, 0.3) is 0 Å². The monoisotopic (exact) mass is 358 g/mol. The normalized spacial score (nSPS) is 20.5. The lowest BCUT2D eigenvalue weighted by Crippen LogP contribution is -2.51. The van der Waals surface area contributed by atoms with Gasteiger partial charge in [-0.05, 0) is 56.7 Å². The number of likely N-dealkylation sites (tertiary alicyclic amines) is 2. The number of piperidine rings is 2. The molecule has 5 nitrogen and oxygen atoms in total. The van der Waals surface area contributed by atoms with Crippen LogP contribution in [0, 0.1) is 5.41 Å². The van der Waals surface area contributed by atoms with E-state index < -0.39 is 0 Å². The van der Waals surface area contributed by atoms with E-state index >= 15 is 0 Å². The number of aliphatic hydroxyl groups excluding tert-OH is 1. The highest BCUT2D eigenvalue weighted by Gasteiger charge is 2.40. The predicted octanol–water partition coefficient (Wildman–Crippen LogP) is 2.48. The molecule has 1 amide bonds. The molecule has 142 valence electrons. The zero-order valence-corrected chi connectivity index (χ0v) is 15.7. The summed E-state index contributed by atoms with van der Waals surface area (Å²) >= 11 is 0. The Morgan fingerprint density at radius 3 is 2.46 bits per heavy atom. The van der Waals surface area contributed by atoms with E-state index in [1.165, 1.54) is 5.56 Å². The quantitative estimate of drug-likeness (QED) is 0.794. The van der Waals surface area contributed by atoms with Crippen LogP contribution in [0.3, 0.4) is 0 Å². The average molecular weight is 358 g/mol. The number of aliphatic hydroxyl groups is 1. The molecule has 2 heterocycles. The first-order chi connectivity index (χ1) is 12.5. The van der Waals surface area contributed by atoms with Crippen LogP contribution >= 0.6 is 0 Å². The Kier molecular flexibility index (Phi) is 6.09. The zero-order valence-electron chi connectivity index (χ0n) is 15.7. The van der Waals surface area contributed by atoms with E-state index in [0.29, 0.717) is 19.4 Å². The summed E-state index contributed by atoms with van der Waals surface area (Å²) in [6.45, 7) is 6.30. The Morgan fingerprint density at radius 2 is 1.85 bits per heavy atom. The Morgan fingerprint density at radius 1 is 1.15 bits per heavy atom. The number of benzene rings is 1. The number of Topliss-reactive ketones (excluding diaryl/α,β-unsaturated/α-hetero) is 1. The molecule has 0 radical (unpaired) electrons. The molecule has 26 heavy (non-hydrogen) atoms. The maximum atomic E-state index is 12.1. The zero-order chi connectivity index (χ0) is 18.6. The minimum absolute atomic E-state index is 0.106. The Balaban J connectivity index is 1.53. The van der Waals surface area contributed by atoms with Crippen molar-refractivity contribution < 1.29 is 14.7 Å².